The lowest BCUT2D eigenvalue weighted by Gasteiger charge is -2.31. The standard InChI is InChI=1S/C28H25F3N6O2S/c1-18-5-3-6-19(2)24(18)36-15-4-16-40-27(36)34-26(38)33-21-9-7-20(8-10-21)25-32-17-37(35-25)22-11-13-23(14-12-22)39-28(29,30)31/h3,5-14,17H,4,15-16H2,1-2H3,(H,33,38). The van der Waals surface area contributed by atoms with Crippen molar-refractivity contribution in [2.75, 3.05) is 22.5 Å². The molecular weight excluding hydrogens is 541 g/mol. The number of nitrogens with zero attached hydrogens (tertiary/aromatic N) is 5. The lowest BCUT2D eigenvalue weighted by Crippen LogP contribution is -2.36. The summed E-state index contributed by atoms with van der Waals surface area (Å²) in [6.45, 7) is 4.91. The number of halogens is 3. The molecule has 0 aliphatic carbocycles. The van der Waals surface area contributed by atoms with Crippen LogP contribution in [-0.2, 0) is 0 Å². The predicted octanol–water partition coefficient (Wildman–Crippen LogP) is 6.98. The van der Waals surface area contributed by atoms with Gasteiger partial charge in [0.2, 0.25) is 0 Å². The van der Waals surface area contributed by atoms with Crippen LogP contribution in [0.15, 0.2) is 78.0 Å². The normalized spacial score (nSPS) is 14.8. The molecule has 8 nitrogen and oxygen atoms in total. The van der Waals surface area contributed by atoms with Crippen molar-refractivity contribution in [1.82, 2.24) is 14.8 Å². The van der Waals surface area contributed by atoms with E-state index in [4.69, 9.17) is 0 Å². The Balaban J connectivity index is 1.26. The second-order valence-corrected chi connectivity index (χ2v) is 10.1. The number of carbonyl (C=O) groups excluding carboxylic acids is 1. The highest BCUT2D eigenvalue weighted by Gasteiger charge is 2.31. The minimum Gasteiger partial charge on any atom is -0.406 e. The van der Waals surface area contributed by atoms with E-state index < -0.39 is 12.4 Å². The third-order valence-electron chi connectivity index (χ3n) is 6.12. The van der Waals surface area contributed by atoms with Gasteiger partial charge in [-0.15, -0.1) is 18.3 Å². The Labute approximate surface area is 232 Å². The molecule has 206 valence electrons. The van der Waals surface area contributed by atoms with Crippen LogP contribution in [0.3, 0.4) is 0 Å². The van der Waals surface area contributed by atoms with Gasteiger partial charge < -0.3 is 15.0 Å². The number of amidine groups is 1. The van der Waals surface area contributed by atoms with Crippen molar-refractivity contribution in [3.63, 3.8) is 0 Å². The number of aliphatic imine (C=N–C) groups is 1. The van der Waals surface area contributed by atoms with Crippen molar-refractivity contribution in [3.05, 3.63) is 84.2 Å². The molecule has 0 spiro atoms. The highest BCUT2D eigenvalue weighted by molar-refractivity contribution is 8.14. The number of anilines is 2. The summed E-state index contributed by atoms with van der Waals surface area (Å²) in [5.74, 6) is 0.990. The first-order chi connectivity index (χ1) is 19.2. The molecule has 1 saturated heterocycles. The summed E-state index contributed by atoms with van der Waals surface area (Å²) < 4.78 is 42.5. The van der Waals surface area contributed by atoms with Crippen LogP contribution in [-0.4, -0.2) is 44.6 Å². The van der Waals surface area contributed by atoms with E-state index in [-0.39, 0.29) is 5.75 Å². The van der Waals surface area contributed by atoms with Crippen LogP contribution in [0.5, 0.6) is 5.75 Å². The van der Waals surface area contributed by atoms with Crippen LogP contribution >= 0.6 is 11.8 Å². The maximum Gasteiger partial charge on any atom is 0.573 e. The number of nitrogens with one attached hydrogen (secondary N) is 1. The zero-order valence-electron chi connectivity index (χ0n) is 21.6. The topological polar surface area (TPSA) is 84.6 Å². The van der Waals surface area contributed by atoms with Crippen molar-refractivity contribution >= 4 is 34.3 Å². The average Bonchev–Trinajstić information content (AvgIpc) is 3.40. The fraction of sp³-hybridized carbons (Fsp3) is 0.214. The molecule has 4 aromatic rings. The van der Waals surface area contributed by atoms with Crippen molar-refractivity contribution in [1.29, 1.82) is 0 Å². The zero-order valence-corrected chi connectivity index (χ0v) is 22.5. The van der Waals surface area contributed by atoms with Gasteiger partial charge in [-0.2, -0.15) is 4.99 Å². The molecule has 2 heterocycles. The third kappa shape index (κ3) is 6.45. The SMILES string of the molecule is Cc1cccc(C)c1N1CCCSC1=NC(=O)Nc1ccc(-c2ncn(-c3ccc(OC(F)(F)F)cc3)n2)cc1. The summed E-state index contributed by atoms with van der Waals surface area (Å²) in [5.41, 5.74) is 5.14. The predicted molar refractivity (Wildman–Crippen MR) is 150 cm³/mol. The average molecular weight is 567 g/mol. The Hall–Kier alpha value is -4.32. The summed E-state index contributed by atoms with van der Waals surface area (Å²) in [6.07, 6.45) is -2.29. The molecule has 1 aromatic heterocycles. The highest BCUT2D eigenvalue weighted by Crippen LogP contribution is 2.31. The summed E-state index contributed by atoms with van der Waals surface area (Å²) in [7, 11) is 0. The smallest absolute Gasteiger partial charge is 0.406 e. The highest BCUT2D eigenvalue weighted by atomic mass is 32.2. The quantitative estimate of drug-likeness (QED) is 0.281. The molecule has 0 radical (unpaired) electrons. The molecule has 12 heteroatoms. The second-order valence-electron chi connectivity index (χ2n) is 9.05. The van der Waals surface area contributed by atoms with Crippen molar-refractivity contribution < 1.29 is 22.7 Å². The number of urea groups is 1. The van der Waals surface area contributed by atoms with Gasteiger partial charge in [0, 0.05) is 29.2 Å². The lowest BCUT2D eigenvalue weighted by molar-refractivity contribution is -0.274. The number of carbonyl (C=O) groups is 1. The number of hydrogen-bond donors (Lipinski definition) is 1. The third-order valence-corrected chi connectivity index (χ3v) is 7.18. The molecule has 0 bridgehead atoms. The van der Waals surface area contributed by atoms with Crippen LogP contribution in [0.4, 0.5) is 29.3 Å². The Morgan fingerprint density at radius 3 is 2.40 bits per heavy atom. The Morgan fingerprint density at radius 2 is 1.73 bits per heavy atom. The van der Waals surface area contributed by atoms with E-state index in [0.717, 1.165) is 35.5 Å². The molecule has 5 rings (SSSR count). The molecule has 1 fully saturated rings. The van der Waals surface area contributed by atoms with E-state index in [0.29, 0.717) is 27.9 Å². The molecule has 40 heavy (non-hydrogen) atoms. The first-order valence-electron chi connectivity index (χ1n) is 12.4. The molecule has 0 unspecified atom stereocenters. The monoisotopic (exact) mass is 566 g/mol. The Kier molecular flexibility index (Phi) is 7.78. The Bertz CT molecular complexity index is 1510. The molecule has 3 aromatic carbocycles. The first-order valence-corrected chi connectivity index (χ1v) is 13.4. The van der Waals surface area contributed by atoms with Gasteiger partial charge in [-0.05, 0) is 79.9 Å². The van der Waals surface area contributed by atoms with E-state index in [1.807, 2.05) is 6.07 Å². The molecule has 1 N–H and O–H groups in total. The van der Waals surface area contributed by atoms with E-state index in [1.54, 1.807) is 36.0 Å². The number of rotatable bonds is 5. The van der Waals surface area contributed by atoms with Crippen LogP contribution in [0.25, 0.3) is 17.1 Å². The zero-order chi connectivity index (χ0) is 28.3. The number of para-hydroxylation sites is 1. The number of ether oxygens (including phenoxy) is 1. The molecule has 2 amide bonds. The minimum absolute atomic E-state index is 0.320. The summed E-state index contributed by atoms with van der Waals surface area (Å²) in [6, 6.07) is 18.0. The van der Waals surface area contributed by atoms with E-state index in [1.165, 1.54) is 35.3 Å². The second kappa shape index (κ2) is 11.4. The number of aryl methyl sites for hydroxylation is 2. The van der Waals surface area contributed by atoms with Crippen LogP contribution < -0.4 is 15.0 Å². The summed E-state index contributed by atoms with van der Waals surface area (Å²) in [4.78, 5) is 23.6. The molecular formula is C28H25F3N6O2S. The van der Waals surface area contributed by atoms with Crippen molar-refractivity contribution in [3.8, 4) is 22.8 Å². The maximum absolute atomic E-state index is 12.8. The van der Waals surface area contributed by atoms with Gasteiger partial charge in [0.25, 0.3) is 0 Å². The number of benzene rings is 3. The number of thioether (sulfide) groups is 1. The lowest BCUT2D eigenvalue weighted by atomic mass is 10.1. The number of hydrogen-bond acceptors (Lipinski definition) is 5. The van der Waals surface area contributed by atoms with Crippen molar-refractivity contribution in [2.45, 2.75) is 26.6 Å². The van der Waals surface area contributed by atoms with Crippen LogP contribution in [0.1, 0.15) is 17.5 Å². The number of alkyl halides is 3. The van der Waals surface area contributed by atoms with E-state index >= 15 is 0 Å². The van der Waals surface area contributed by atoms with Crippen LogP contribution in [0.2, 0.25) is 0 Å². The molecule has 0 atom stereocenters. The van der Waals surface area contributed by atoms with Gasteiger partial charge in [0.05, 0.1) is 5.69 Å². The summed E-state index contributed by atoms with van der Waals surface area (Å²) in [5, 5.41) is 7.89. The summed E-state index contributed by atoms with van der Waals surface area (Å²) >= 11 is 1.56. The van der Waals surface area contributed by atoms with Crippen LogP contribution in [0, 0.1) is 13.8 Å². The maximum atomic E-state index is 12.8. The van der Waals surface area contributed by atoms with Gasteiger partial charge in [-0.25, -0.2) is 14.5 Å². The number of aromatic nitrogens is 3. The number of amides is 2. The van der Waals surface area contributed by atoms with Gasteiger partial charge in [0.15, 0.2) is 11.0 Å². The van der Waals surface area contributed by atoms with Gasteiger partial charge in [0.1, 0.15) is 12.1 Å². The van der Waals surface area contributed by atoms with Gasteiger partial charge in [-0.3, -0.25) is 0 Å². The minimum atomic E-state index is -4.75. The molecule has 1 aliphatic heterocycles. The molecule has 0 saturated carbocycles. The fourth-order valence-corrected chi connectivity index (χ4v) is 5.29. The van der Waals surface area contributed by atoms with E-state index in [9.17, 15) is 18.0 Å². The first kappa shape index (κ1) is 27.3. The van der Waals surface area contributed by atoms with Gasteiger partial charge in [-0.1, -0.05) is 30.0 Å². The molecule has 1 aliphatic rings. The van der Waals surface area contributed by atoms with Crippen molar-refractivity contribution in [2.24, 2.45) is 4.99 Å². The largest absolute Gasteiger partial charge is 0.573 e. The Morgan fingerprint density at radius 1 is 1.02 bits per heavy atom. The van der Waals surface area contributed by atoms with Gasteiger partial charge >= 0.3 is 12.4 Å². The van der Waals surface area contributed by atoms with E-state index in [2.05, 4.69) is 56.0 Å². The fourth-order valence-electron chi connectivity index (χ4n) is 4.35.